The van der Waals surface area contributed by atoms with Gasteiger partial charge in [0, 0.05) is 0 Å². The zero-order valence-corrected chi connectivity index (χ0v) is 11.7. The number of nitriles is 1. The number of nitrogens with two attached hydrogens (primary N) is 1. The molecule has 0 heterocycles. The first-order chi connectivity index (χ1) is 9.07. The van der Waals surface area contributed by atoms with Crippen LogP contribution in [0.3, 0.4) is 0 Å². The summed E-state index contributed by atoms with van der Waals surface area (Å²) < 4.78 is 11.1. The first kappa shape index (κ1) is 15.3. The molecule has 0 saturated carbocycles. The van der Waals surface area contributed by atoms with Crippen molar-refractivity contribution in [3.05, 3.63) is 24.3 Å². The highest BCUT2D eigenvalue weighted by atomic mass is 16.5. The topological polar surface area (TPSA) is 68.3 Å². The minimum absolute atomic E-state index is 0.559. The van der Waals surface area contributed by atoms with E-state index in [1.54, 1.807) is 6.92 Å². The van der Waals surface area contributed by atoms with Gasteiger partial charge < -0.3 is 15.2 Å². The molecule has 1 unspecified atom stereocenters. The van der Waals surface area contributed by atoms with E-state index in [1.165, 1.54) is 0 Å². The lowest BCUT2D eigenvalue weighted by Crippen LogP contribution is -2.34. The molecular formula is C15H22N2O2. The third-order valence-electron chi connectivity index (χ3n) is 2.66. The Morgan fingerprint density at radius 2 is 1.68 bits per heavy atom. The summed E-state index contributed by atoms with van der Waals surface area (Å²) in [6.45, 7) is 5.09. The van der Waals surface area contributed by atoms with Gasteiger partial charge in [-0.05, 0) is 50.5 Å². The van der Waals surface area contributed by atoms with Gasteiger partial charge in [0.05, 0.1) is 19.3 Å². The summed E-state index contributed by atoms with van der Waals surface area (Å²) in [4.78, 5) is 0. The molecule has 0 aromatic heterocycles. The second-order valence-corrected chi connectivity index (χ2v) is 4.80. The van der Waals surface area contributed by atoms with Crippen molar-refractivity contribution in [3.63, 3.8) is 0 Å². The summed E-state index contributed by atoms with van der Waals surface area (Å²) in [7, 11) is 0. The van der Waals surface area contributed by atoms with Gasteiger partial charge in [-0.25, -0.2) is 0 Å². The summed E-state index contributed by atoms with van der Waals surface area (Å²) in [5.41, 5.74) is 4.97. The number of ether oxygens (including phenoxy) is 2. The van der Waals surface area contributed by atoms with E-state index in [-0.39, 0.29) is 0 Å². The Labute approximate surface area is 115 Å². The largest absolute Gasteiger partial charge is 0.494 e. The third-order valence-corrected chi connectivity index (χ3v) is 2.66. The summed E-state index contributed by atoms with van der Waals surface area (Å²) in [6.07, 6.45) is 2.38. The summed E-state index contributed by atoms with van der Waals surface area (Å²) in [5.74, 6) is 1.66. The van der Waals surface area contributed by atoms with Gasteiger partial charge in [-0.1, -0.05) is 6.92 Å². The smallest absolute Gasteiger partial charge is 0.119 e. The Balaban J connectivity index is 2.29. The maximum absolute atomic E-state index is 8.78. The molecule has 0 amide bonds. The minimum Gasteiger partial charge on any atom is -0.494 e. The molecule has 4 heteroatoms. The highest BCUT2D eigenvalue weighted by molar-refractivity contribution is 5.31. The summed E-state index contributed by atoms with van der Waals surface area (Å²) in [6, 6.07) is 9.64. The Morgan fingerprint density at radius 3 is 2.16 bits per heavy atom. The average Bonchev–Trinajstić information content (AvgIpc) is 2.42. The van der Waals surface area contributed by atoms with Gasteiger partial charge in [0.2, 0.25) is 0 Å². The molecule has 4 nitrogen and oxygen atoms in total. The molecular weight excluding hydrogens is 240 g/mol. The number of nitrogens with zero attached hydrogens (tertiary/aromatic N) is 1. The predicted octanol–water partition coefficient (Wildman–Crippen LogP) is 2.88. The van der Waals surface area contributed by atoms with E-state index >= 15 is 0 Å². The number of hydrogen-bond acceptors (Lipinski definition) is 4. The summed E-state index contributed by atoms with van der Waals surface area (Å²) >= 11 is 0. The van der Waals surface area contributed by atoms with Crippen molar-refractivity contribution in [1.29, 1.82) is 5.26 Å². The molecule has 0 saturated heterocycles. The van der Waals surface area contributed by atoms with Crippen LogP contribution in [0, 0.1) is 11.3 Å². The Hall–Kier alpha value is -1.73. The van der Waals surface area contributed by atoms with Gasteiger partial charge in [-0.2, -0.15) is 5.26 Å². The fraction of sp³-hybridized carbons (Fsp3) is 0.533. The lowest BCUT2D eigenvalue weighted by atomic mass is 10.00. The lowest BCUT2D eigenvalue weighted by Gasteiger charge is -2.15. The normalized spacial score (nSPS) is 13.4. The predicted molar refractivity (Wildman–Crippen MR) is 75.2 cm³/mol. The van der Waals surface area contributed by atoms with E-state index < -0.39 is 5.54 Å². The van der Waals surface area contributed by atoms with Crippen LogP contribution in [0.25, 0.3) is 0 Å². The van der Waals surface area contributed by atoms with E-state index in [0.717, 1.165) is 30.9 Å². The third kappa shape index (κ3) is 6.12. The van der Waals surface area contributed by atoms with Crippen molar-refractivity contribution in [2.45, 2.75) is 38.6 Å². The van der Waals surface area contributed by atoms with Crippen LogP contribution in [-0.4, -0.2) is 18.8 Å². The maximum atomic E-state index is 8.78. The van der Waals surface area contributed by atoms with Crippen molar-refractivity contribution < 1.29 is 9.47 Å². The first-order valence-electron chi connectivity index (χ1n) is 6.63. The second-order valence-electron chi connectivity index (χ2n) is 4.80. The fourth-order valence-electron chi connectivity index (χ4n) is 1.54. The Morgan fingerprint density at radius 1 is 1.16 bits per heavy atom. The molecule has 0 aliphatic carbocycles. The molecule has 2 N–H and O–H groups in total. The molecule has 1 aromatic rings. The van der Waals surface area contributed by atoms with Crippen LogP contribution in [-0.2, 0) is 0 Å². The van der Waals surface area contributed by atoms with Crippen LogP contribution in [0.5, 0.6) is 11.5 Å². The SMILES string of the molecule is CCCOc1ccc(OCCCC(C)(N)C#N)cc1. The van der Waals surface area contributed by atoms with Gasteiger partial charge in [0.15, 0.2) is 0 Å². The van der Waals surface area contributed by atoms with Crippen LogP contribution >= 0.6 is 0 Å². The molecule has 1 atom stereocenters. The zero-order chi connectivity index (χ0) is 14.1. The van der Waals surface area contributed by atoms with E-state index in [4.69, 9.17) is 20.5 Å². The fourth-order valence-corrected chi connectivity index (χ4v) is 1.54. The van der Waals surface area contributed by atoms with E-state index in [1.807, 2.05) is 24.3 Å². The first-order valence-corrected chi connectivity index (χ1v) is 6.63. The molecule has 0 radical (unpaired) electrons. The molecule has 19 heavy (non-hydrogen) atoms. The standard InChI is InChI=1S/C15H22N2O2/c1-3-10-18-13-5-7-14(8-6-13)19-11-4-9-15(2,17)12-16/h5-8H,3-4,9-11,17H2,1-2H3. The lowest BCUT2D eigenvalue weighted by molar-refractivity contribution is 0.293. The molecule has 104 valence electrons. The van der Waals surface area contributed by atoms with Crippen molar-refractivity contribution in [2.75, 3.05) is 13.2 Å². The highest BCUT2D eigenvalue weighted by Gasteiger charge is 2.16. The van der Waals surface area contributed by atoms with Gasteiger partial charge >= 0.3 is 0 Å². The van der Waals surface area contributed by atoms with Crippen molar-refractivity contribution in [1.82, 2.24) is 0 Å². The molecule has 1 aromatic carbocycles. The van der Waals surface area contributed by atoms with E-state index in [0.29, 0.717) is 13.0 Å². The molecule has 0 aliphatic heterocycles. The van der Waals surface area contributed by atoms with Crippen LogP contribution in [0.1, 0.15) is 33.1 Å². The number of benzene rings is 1. The van der Waals surface area contributed by atoms with Gasteiger partial charge in [0.1, 0.15) is 17.0 Å². The van der Waals surface area contributed by atoms with Crippen LogP contribution in [0.4, 0.5) is 0 Å². The zero-order valence-electron chi connectivity index (χ0n) is 11.7. The maximum Gasteiger partial charge on any atom is 0.119 e. The van der Waals surface area contributed by atoms with Crippen LogP contribution in [0.15, 0.2) is 24.3 Å². The number of hydrogen-bond donors (Lipinski definition) is 1. The van der Waals surface area contributed by atoms with Gasteiger partial charge in [-0.15, -0.1) is 0 Å². The molecule has 0 aliphatic rings. The number of rotatable bonds is 8. The molecule has 1 rings (SSSR count). The Bertz CT molecular complexity index is 407. The second kappa shape index (κ2) is 7.65. The molecule has 0 bridgehead atoms. The van der Waals surface area contributed by atoms with Crippen LogP contribution in [0.2, 0.25) is 0 Å². The van der Waals surface area contributed by atoms with E-state index in [2.05, 4.69) is 13.0 Å². The van der Waals surface area contributed by atoms with E-state index in [9.17, 15) is 0 Å². The average molecular weight is 262 g/mol. The van der Waals surface area contributed by atoms with Gasteiger partial charge in [0.25, 0.3) is 0 Å². The van der Waals surface area contributed by atoms with Crippen LogP contribution < -0.4 is 15.2 Å². The molecule has 0 fully saturated rings. The van der Waals surface area contributed by atoms with Gasteiger partial charge in [-0.3, -0.25) is 0 Å². The Kier molecular flexibility index (Phi) is 6.17. The van der Waals surface area contributed by atoms with Crippen molar-refractivity contribution in [2.24, 2.45) is 5.73 Å². The summed E-state index contributed by atoms with van der Waals surface area (Å²) in [5, 5.41) is 8.78. The monoisotopic (exact) mass is 262 g/mol. The molecule has 0 spiro atoms. The van der Waals surface area contributed by atoms with Crippen molar-refractivity contribution >= 4 is 0 Å². The quantitative estimate of drug-likeness (QED) is 0.731. The minimum atomic E-state index is -0.763. The van der Waals surface area contributed by atoms with Crippen molar-refractivity contribution in [3.8, 4) is 17.6 Å². The highest BCUT2D eigenvalue weighted by Crippen LogP contribution is 2.18.